The number of nitrogens with zero attached hydrogens (tertiary/aromatic N) is 1. The van der Waals surface area contributed by atoms with E-state index in [9.17, 15) is 26.8 Å². The van der Waals surface area contributed by atoms with Crippen molar-refractivity contribution in [1.29, 1.82) is 0 Å². The summed E-state index contributed by atoms with van der Waals surface area (Å²) in [6, 6.07) is 9.12. The first kappa shape index (κ1) is 25.7. The van der Waals surface area contributed by atoms with Crippen molar-refractivity contribution in [3.05, 3.63) is 65.2 Å². The lowest BCUT2D eigenvalue weighted by Gasteiger charge is -2.35. The molecule has 2 atom stereocenters. The molecule has 0 aliphatic carbocycles. The number of benzene rings is 2. The van der Waals surface area contributed by atoms with E-state index in [1.807, 2.05) is 13.8 Å². The van der Waals surface area contributed by atoms with Crippen LogP contribution in [-0.4, -0.2) is 57.0 Å². The summed E-state index contributed by atoms with van der Waals surface area (Å²) in [7, 11) is -4.07. The number of carbonyl (C=O) groups excluding carboxylic acids is 2. The first-order valence-electron chi connectivity index (χ1n) is 10.8. The molecule has 1 aliphatic heterocycles. The molecule has 8 nitrogen and oxygen atoms in total. The molecule has 2 aromatic carbocycles. The summed E-state index contributed by atoms with van der Waals surface area (Å²) in [4.78, 5) is 26.1. The number of hydrogen-bond acceptors (Lipinski definition) is 5. The molecule has 2 amide bonds. The van der Waals surface area contributed by atoms with E-state index in [-0.39, 0.29) is 37.6 Å². The van der Waals surface area contributed by atoms with Crippen LogP contribution < -0.4 is 10.0 Å². The molecule has 1 heterocycles. The van der Waals surface area contributed by atoms with Gasteiger partial charge in [0.2, 0.25) is 15.9 Å². The minimum Gasteiger partial charge on any atom is -0.372 e. The van der Waals surface area contributed by atoms with E-state index in [0.717, 1.165) is 17.7 Å². The van der Waals surface area contributed by atoms with Crippen LogP contribution in [0.3, 0.4) is 0 Å². The Morgan fingerprint density at radius 1 is 1.03 bits per heavy atom. The Labute approximate surface area is 197 Å². The number of amides is 2. The minimum absolute atomic E-state index is 0.0245. The fourth-order valence-corrected chi connectivity index (χ4v) is 4.65. The van der Waals surface area contributed by atoms with E-state index >= 15 is 0 Å². The van der Waals surface area contributed by atoms with Gasteiger partial charge in [-0.25, -0.2) is 21.9 Å². The predicted octanol–water partition coefficient (Wildman–Crippen LogP) is 2.20. The highest BCUT2D eigenvalue weighted by Crippen LogP contribution is 2.15. The van der Waals surface area contributed by atoms with Gasteiger partial charge in [-0.15, -0.1) is 0 Å². The number of halogens is 2. The van der Waals surface area contributed by atoms with E-state index in [2.05, 4.69) is 10.0 Å². The van der Waals surface area contributed by atoms with Gasteiger partial charge in [-0.05, 0) is 49.7 Å². The number of sulfonamides is 1. The second kappa shape index (κ2) is 11.0. The van der Waals surface area contributed by atoms with E-state index in [0.29, 0.717) is 24.7 Å². The molecular formula is C23H27F2N3O5S. The number of hydrogen-bond donors (Lipinski definition) is 2. The topological polar surface area (TPSA) is 105 Å². The Hall–Kier alpha value is -2.89. The monoisotopic (exact) mass is 495 g/mol. The third-order valence-corrected chi connectivity index (χ3v) is 6.70. The number of ether oxygens (including phenoxy) is 1. The summed E-state index contributed by atoms with van der Waals surface area (Å²) in [6.07, 6.45) is -0.195. The summed E-state index contributed by atoms with van der Waals surface area (Å²) >= 11 is 0. The van der Waals surface area contributed by atoms with Crippen molar-refractivity contribution in [2.75, 3.05) is 19.6 Å². The first-order chi connectivity index (χ1) is 16.0. The van der Waals surface area contributed by atoms with Gasteiger partial charge in [0.1, 0.15) is 0 Å². The fraction of sp³-hybridized carbons (Fsp3) is 0.391. The maximum Gasteiger partial charge on any atom is 0.254 e. The molecule has 11 heteroatoms. The summed E-state index contributed by atoms with van der Waals surface area (Å²) in [6.45, 7) is 4.90. The van der Waals surface area contributed by atoms with Crippen molar-refractivity contribution < 1.29 is 31.5 Å². The second-order valence-corrected chi connectivity index (χ2v) is 9.93. The van der Waals surface area contributed by atoms with Crippen LogP contribution in [0.15, 0.2) is 47.4 Å². The summed E-state index contributed by atoms with van der Waals surface area (Å²) in [5.74, 6) is -2.90. The predicted molar refractivity (Wildman–Crippen MR) is 120 cm³/mol. The minimum atomic E-state index is -4.07. The van der Waals surface area contributed by atoms with Crippen molar-refractivity contribution in [3.63, 3.8) is 0 Å². The number of morpholine rings is 1. The summed E-state index contributed by atoms with van der Waals surface area (Å²) < 4.78 is 58.3. The molecule has 1 aliphatic rings. The molecule has 1 saturated heterocycles. The molecular weight excluding hydrogens is 468 g/mol. The van der Waals surface area contributed by atoms with Gasteiger partial charge >= 0.3 is 0 Å². The van der Waals surface area contributed by atoms with Crippen molar-refractivity contribution in [2.24, 2.45) is 0 Å². The molecule has 1 fully saturated rings. The van der Waals surface area contributed by atoms with Crippen LogP contribution in [0.1, 0.15) is 36.2 Å². The van der Waals surface area contributed by atoms with E-state index in [4.69, 9.17) is 4.74 Å². The normalized spacial score (nSPS) is 18.5. The molecule has 0 aromatic heterocycles. The molecule has 0 bridgehead atoms. The van der Waals surface area contributed by atoms with E-state index < -0.39 is 32.5 Å². The van der Waals surface area contributed by atoms with Gasteiger partial charge in [0, 0.05) is 38.2 Å². The Morgan fingerprint density at radius 3 is 2.29 bits per heavy atom. The van der Waals surface area contributed by atoms with Gasteiger partial charge in [0.25, 0.3) is 5.91 Å². The second-order valence-electron chi connectivity index (χ2n) is 8.16. The lowest BCUT2D eigenvalue weighted by atomic mass is 10.1. The molecule has 184 valence electrons. The smallest absolute Gasteiger partial charge is 0.254 e. The molecule has 3 rings (SSSR count). The molecule has 0 saturated carbocycles. The van der Waals surface area contributed by atoms with Crippen LogP contribution in [0.5, 0.6) is 0 Å². The largest absolute Gasteiger partial charge is 0.372 e. The average molecular weight is 496 g/mol. The average Bonchev–Trinajstić information content (AvgIpc) is 2.78. The van der Waals surface area contributed by atoms with Gasteiger partial charge in [-0.3, -0.25) is 9.59 Å². The van der Waals surface area contributed by atoms with Crippen LogP contribution >= 0.6 is 0 Å². The maximum atomic E-state index is 13.3. The molecule has 34 heavy (non-hydrogen) atoms. The van der Waals surface area contributed by atoms with Gasteiger partial charge in [-0.1, -0.05) is 12.1 Å². The Bertz CT molecular complexity index is 1130. The van der Waals surface area contributed by atoms with E-state index in [1.54, 1.807) is 29.2 Å². The summed E-state index contributed by atoms with van der Waals surface area (Å²) in [5.41, 5.74) is 1.32. The zero-order valence-electron chi connectivity index (χ0n) is 18.9. The quantitative estimate of drug-likeness (QED) is 0.584. The van der Waals surface area contributed by atoms with Gasteiger partial charge < -0.3 is 15.0 Å². The molecule has 0 spiro atoms. The number of nitrogens with one attached hydrogen (secondary N) is 2. The highest BCUT2D eigenvalue weighted by atomic mass is 32.2. The van der Waals surface area contributed by atoms with Crippen molar-refractivity contribution in [1.82, 2.24) is 14.9 Å². The zero-order valence-corrected chi connectivity index (χ0v) is 19.7. The van der Waals surface area contributed by atoms with Crippen LogP contribution in [0, 0.1) is 11.6 Å². The van der Waals surface area contributed by atoms with Crippen LogP contribution in [0.25, 0.3) is 0 Å². The van der Waals surface area contributed by atoms with Crippen molar-refractivity contribution in [3.8, 4) is 0 Å². The van der Waals surface area contributed by atoms with E-state index in [1.165, 1.54) is 0 Å². The van der Waals surface area contributed by atoms with Gasteiger partial charge in [0.15, 0.2) is 11.6 Å². The zero-order chi connectivity index (χ0) is 24.9. The molecule has 0 radical (unpaired) electrons. The van der Waals surface area contributed by atoms with Gasteiger partial charge in [0.05, 0.1) is 17.1 Å². The Morgan fingerprint density at radius 2 is 1.68 bits per heavy atom. The standard InChI is InChI=1S/C23H27F2N3O5S/c1-15-13-28(14-16(2)33-15)23(30)18-5-3-17(4-6-18)12-26-22(29)9-10-27-34(31,32)19-7-8-20(24)21(25)11-19/h3-8,11,15-16,27H,9-10,12-14H2,1-2H3,(H,26,29). The fourth-order valence-electron chi connectivity index (χ4n) is 3.61. The highest BCUT2D eigenvalue weighted by Gasteiger charge is 2.26. The van der Waals surface area contributed by atoms with Gasteiger partial charge in [-0.2, -0.15) is 0 Å². The maximum absolute atomic E-state index is 13.3. The molecule has 2 N–H and O–H groups in total. The van der Waals surface area contributed by atoms with Crippen molar-refractivity contribution in [2.45, 2.75) is 43.9 Å². The molecule has 2 aromatic rings. The molecule has 2 unspecified atom stereocenters. The van der Waals surface area contributed by atoms with Crippen LogP contribution in [0.2, 0.25) is 0 Å². The van der Waals surface area contributed by atoms with Crippen molar-refractivity contribution >= 4 is 21.8 Å². The first-order valence-corrected chi connectivity index (χ1v) is 12.3. The highest BCUT2D eigenvalue weighted by molar-refractivity contribution is 7.89. The van der Waals surface area contributed by atoms with Crippen LogP contribution in [0.4, 0.5) is 8.78 Å². The number of carbonyl (C=O) groups is 2. The third kappa shape index (κ3) is 6.81. The van der Waals surface area contributed by atoms with Crippen LogP contribution in [-0.2, 0) is 26.1 Å². The Kier molecular flexibility index (Phi) is 8.34. The third-order valence-electron chi connectivity index (χ3n) is 5.24. The SMILES string of the molecule is CC1CN(C(=O)c2ccc(CNC(=O)CCNS(=O)(=O)c3ccc(F)c(F)c3)cc2)CC(C)O1. The lowest BCUT2D eigenvalue weighted by molar-refractivity contribution is -0.121. The Balaban J connectivity index is 1.45. The summed E-state index contributed by atoms with van der Waals surface area (Å²) in [5, 5.41) is 2.67. The number of rotatable bonds is 8. The lowest BCUT2D eigenvalue weighted by Crippen LogP contribution is -2.48.